The zero-order chi connectivity index (χ0) is 55.0. The number of carbonyl (C=O) groups is 2. The zero-order valence-electron chi connectivity index (χ0n) is 49.3. The molecular formula is C65H116N2O7P+. The fraction of sp³-hybridized carbons (Fsp3) is 0.723. The quantitative estimate of drug-likeness (QED) is 0.0156. The number of unbranched alkanes of at least 4 members (excludes halogenated alkanes) is 26. The molecule has 0 heterocycles. The van der Waals surface area contributed by atoms with Gasteiger partial charge in [0.1, 0.15) is 19.3 Å². The van der Waals surface area contributed by atoms with E-state index in [-0.39, 0.29) is 31.5 Å². The molecule has 0 fully saturated rings. The maximum Gasteiger partial charge on any atom is 0.472 e. The SMILES string of the molecule is CC/C=C/C=C/C=C\CCCCCCCC(=O)OC(/C=C\CCCCCCCCCCCCC)C(COP(=O)(O)OCC[N+](C)(C)C)NC(=O)CCCCCCCCC/C=C\C/C=C\C/C=C\C/C=C\CCCCC. The van der Waals surface area contributed by atoms with Gasteiger partial charge in [-0.2, -0.15) is 0 Å². The molecule has 0 radical (unpaired) electrons. The third-order valence-electron chi connectivity index (χ3n) is 13.1. The fourth-order valence-electron chi connectivity index (χ4n) is 8.33. The predicted octanol–water partition coefficient (Wildman–Crippen LogP) is 18.8. The van der Waals surface area contributed by atoms with Crippen molar-refractivity contribution in [2.24, 2.45) is 0 Å². The van der Waals surface area contributed by atoms with Crippen LogP contribution in [0.3, 0.4) is 0 Å². The summed E-state index contributed by atoms with van der Waals surface area (Å²) in [7, 11) is 1.46. The number of amides is 1. The van der Waals surface area contributed by atoms with E-state index in [1.807, 2.05) is 33.3 Å². The van der Waals surface area contributed by atoms with Gasteiger partial charge in [-0.1, -0.05) is 240 Å². The molecule has 0 aliphatic heterocycles. The summed E-state index contributed by atoms with van der Waals surface area (Å²) in [6, 6.07) is -0.868. The molecule has 3 atom stereocenters. The van der Waals surface area contributed by atoms with Gasteiger partial charge in [0.2, 0.25) is 5.91 Å². The molecule has 0 aliphatic carbocycles. The van der Waals surface area contributed by atoms with Gasteiger partial charge in [0.25, 0.3) is 0 Å². The summed E-state index contributed by atoms with van der Waals surface area (Å²) in [6.07, 6.45) is 72.6. The van der Waals surface area contributed by atoms with Gasteiger partial charge < -0.3 is 19.4 Å². The number of allylic oxidation sites excluding steroid dienone is 15. The molecule has 0 aromatic carbocycles. The lowest BCUT2D eigenvalue weighted by atomic mass is 10.0. The zero-order valence-corrected chi connectivity index (χ0v) is 50.2. The summed E-state index contributed by atoms with van der Waals surface area (Å²) < 4.78 is 30.6. The summed E-state index contributed by atoms with van der Waals surface area (Å²) in [4.78, 5) is 37.7. The van der Waals surface area contributed by atoms with Gasteiger partial charge in [-0.05, 0) is 96.0 Å². The van der Waals surface area contributed by atoms with Crippen molar-refractivity contribution in [1.29, 1.82) is 0 Å². The van der Waals surface area contributed by atoms with Gasteiger partial charge in [0.15, 0.2) is 0 Å². The topological polar surface area (TPSA) is 111 Å². The van der Waals surface area contributed by atoms with Crippen LogP contribution in [-0.2, 0) is 27.9 Å². The Kier molecular flexibility index (Phi) is 52.1. The average molecular weight is 1070 g/mol. The van der Waals surface area contributed by atoms with Gasteiger partial charge in [0, 0.05) is 12.8 Å². The maximum atomic E-state index is 13.5. The molecule has 0 saturated heterocycles. The van der Waals surface area contributed by atoms with Crippen LogP contribution < -0.4 is 5.32 Å². The van der Waals surface area contributed by atoms with E-state index in [0.29, 0.717) is 23.9 Å². The minimum Gasteiger partial charge on any atom is -0.456 e. The molecule has 0 saturated carbocycles. The highest BCUT2D eigenvalue weighted by molar-refractivity contribution is 7.47. The Morgan fingerprint density at radius 3 is 1.41 bits per heavy atom. The molecular weight excluding hydrogens is 952 g/mol. The first-order chi connectivity index (χ1) is 36.4. The number of phosphoric ester groups is 1. The molecule has 0 aromatic rings. The van der Waals surface area contributed by atoms with Crippen molar-refractivity contribution in [3.63, 3.8) is 0 Å². The van der Waals surface area contributed by atoms with E-state index in [2.05, 4.69) is 111 Å². The van der Waals surface area contributed by atoms with Crippen molar-refractivity contribution in [3.8, 4) is 0 Å². The van der Waals surface area contributed by atoms with Crippen molar-refractivity contribution < 1.29 is 37.3 Å². The van der Waals surface area contributed by atoms with Crippen LogP contribution in [0.2, 0.25) is 0 Å². The van der Waals surface area contributed by atoms with Crippen molar-refractivity contribution in [2.75, 3.05) is 40.9 Å². The largest absolute Gasteiger partial charge is 0.472 e. The fourth-order valence-corrected chi connectivity index (χ4v) is 9.07. The van der Waals surface area contributed by atoms with Crippen LogP contribution in [0.4, 0.5) is 0 Å². The highest BCUT2D eigenvalue weighted by Gasteiger charge is 2.30. The van der Waals surface area contributed by atoms with Crippen molar-refractivity contribution in [3.05, 3.63) is 97.2 Å². The number of phosphoric acid groups is 1. The number of hydrogen-bond donors (Lipinski definition) is 2. The predicted molar refractivity (Wildman–Crippen MR) is 323 cm³/mol. The highest BCUT2D eigenvalue weighted by Crippen LogP contribution is 2.43. The normalized spacial score (nSPS) is 14.4. The molecule has 0 spiro atoms. The Hall–Kier alpha value is -3.07. The van der Waals surface area contributed by atoms with E-state index in [1.165, 1.54) is 103 Å². The third-order valence-corrected chi connectivity index (χ3v) is 14.1. The summed E-state index contributed by atoms with van der Waals surface area (Å²) in [5.41, 5.74) is 0. The number of esters is 1. The Balaban J connectivity index is 5.28. The lowest BCUT2D eigenvalue weighted by Crippen LogP contribution is -2.47. The lowest BCUT2D eigenvalue weighted by Gasteiger charge is -2.27. The number of quaternary nitrogens is 1. The summed E-state index contributed by atoms with van der Waals surface area (Å²) in [6.45, 7) is 6.82. The molecule has 10 heteroatoms. The Labute approximate surface area is 462 Å². The average Bonchev–Trinajstić information content (AvgIpc) is 3.37. The number of nitrogens with zero attached hydrogens (tertiary/aromatic N) is 1. The van der Waals surface area contributed by atoms with Crippen molar-refractivity contribution in [1.82, 2.24) is 5.32 Å². The minimum absolute atomic E-state index is 0.0297. The second-order valence-electron chi connectivity index (χ2n) is 21.6. The van der Waals surface area contributed by atoms with Crippen LogP contribution in [0.1, 0.15) is 252 Å². The first-order valence-corrected chi connectivity index (χ1v) is 32.1. The van der Waals surface area contributed by atoms with Gasteiger partial charge >= 0.3 is 13.8 Å². The Bertz CT molecular complexity index is 1610. The summed E-state index contributed by atoms with van der Waals surface area (Å²) >= 11 is 0. The molecule has 0 aliphatic rings. The Morgan fingerprint density at radius 2 is 0.907 bits per heavy atom. The van der Waals surface area contributed by atoms with Crippen molar-refractivity contribution >= 4 is 19.7 Å². The van der Waals surface area contributed by atoms with Crippen LogP contribution in [0.25, 0.3) is 0 Å². The molecule has 0 bridgehead atoms. The standard InChI is InChI=1S/C65H115N2O7P/c1-7-10-13-16-19-22-25-28-29-30-31-32-33-34-35-36-37-40-42-45-48-51-54-57-64(68)66-62(61-73-75(70,71)72-60-59-67(4,5)6)63(56-53-50-47-44-41-38-26-23-20-17-14-11-8-2)74-65(69)58-55-52-49-46-43-39-27-24-21-18-15-12-9-3/h12,15,18-19,21-22,24,27-29,31-32,34-35,53,56,62-63H,7-11,13-14,16-17,20,23,25-26,30,33,36-52,54-55,57-61H2,1-6H3,(H-,66,68,70,71)/p+1/b15-12+,21-18+,22-19-,27-24-,29-28-,32-31-,35-34-,56-53-. The Morgan fingerprint density at radius 1 is 0.493 bits per heavy atom. The highest BCUT2D eigenvalue weighted by atomic mass is 31.2. The number of likely N-dealkylation sites (N-methyl/N-ethyl adjacent to an activating group) is 1. The first kappa shape index (κ1) is 71.9. The molecule has 432 valence electrons. The minimum atomic E-state index is -4.46. The number of ether oxygens (including phenoxy) is 1. The molecule has 1 amide bonds. The van der Waals surface area contributed by atoms with Crippen LogP contribution in [0, 0.1) is 0 Å². The van der Waals surface area contributed by atoms with E-state index in [1.54, 1.807) is 0 Å². The van der Waals surface area contributed by atoms with E-state index in [9.17, 15) is 19.0 Å². The number of rotatable bonds is 54. The molecule has 9 nitrogen and oxygen atoms in total. The third kappa shape index (κ3) is 55.5. The summed E-state index contributed by atoms with van der Waals surface area (Å²) in [5, 5.41) is 3.04. The van der Waals surface area contributed by atoms with Crippen LogP contribution in [0.5, 0.6) is 0 Å². The first-order valence-electron chi connectivity index (χ1n) is 30.6. The second kappa shape index (κ2) is 54.3. The molecule has 0 aromatic heterocycles. The maximum absolute atomic E-state index is 13.5. The summed E-state index contributed by atoms with van der Waals surface area (Å²) in [5.74, 6) is -0.545. The number of nitrogens with one attached hydrogen (secondary N) is 1. The number of hydrogen-bond acceptors (Lipinski definition) is 6. The second-order valence-corrected chi connectivity index (χ2v) is 23.0. The van der Waals surface area contributed by atoms with Gasteiger partial charge in [0.05, 0.1) is 33.8 Å². The monoisotopic (exact) mass is 1070 g/mol. The smallest absolute Gasteiger partial charge is 0.456 e. The van der Waals surface area contributed by atoms with Gasteiger partial charge in [-0.3, -0.25) is 18.6 Å². The van der Waals surface area contributed by atoms with Gasteiger partial charge in [-0.25, -0.2) is 4.57 Å². The van der Waals surface area contributed by atoms with Crippen LogP contribution in [0.15, 0.2) is 97.2 Å². The number of carbonyl (C=O) groups excluding carboxylic acids is 2. The van der Waals surface area contributed by atoms with Gasteiger partial charge in [-0.15, -0.1) is 0 Å². The lowest BCUT2D eigenvalue weighted by molar-refractivity contribution is -0.870. The molecule has 3 unspecified atom stereocenters. The van der Waals surface area contributed by atoms with Crippen LogP contribution >= 0.6 is 7.82 Å². The van der Waals surface area contributed by atoms with E-state index < -0.39 is 20.0 Å². The van der Waals surface area contributed by atoms with Crippen molar-refractivity contribution in [2.45, 2.75) is 264 Å². The van der Waals surface area contributed by atoms with Crippen LogP contribution in [-0.4, -0.2) is 74.3 Å². The molecule has 2 N–H and O–H groups in total. The molecule has 0 rings (SSSR count). The van der Waals surface area contributed by atoms with E-state index >= 15 is 0 Å². The van der Waals surface area contributed by atoms with E-state index in [0.717, 1.165) is 109 Å². The molecule has 75 heavy (non-hydrogen) atoms. The van der Waals surface area contributed by atoms with E-state index in [4.69, 9.17) is 13.8 Å².